The van der Waals surface area contributed by atoms with E-state index in [1.807, 2.05) is 26.0 Å². The lowest BCUT2D eigenvalue weighted by molar-refractivity contribution is -0.135. The lowest BCUT2D eigenvalue weighted by atomic mass is 10.1. The predicted octanol–water partition coefficient (Wildman–Crippen LogP) is 1.16. The molecule has 2 N–H and O–H groups in total. The number of nitrogens with two attached hydrogens (primary N) is 1. The van der Waals surface area contributed by atoms with Crippen LogP contribution in [0.15, 0.2) is 12.1 Å². The van der Waals surface area contributed by atoms with Crippen molar-refractivity contribution in [3.63, 3.8) is 0 Å². The Morgan fingerprint density at radius 3 is 2.61 bits per heavy atom. The molecule has 0 bridgehead atoms. The number of benzene rings is 1. The van der Waals surface area contributed by atoms with Crippen LogP contribution in [0.3, 0.4) is 0 Å². The van der Waals surface area contributed by atoms with Crippen LogP contribution >= 0.6 is 0 Å². The Morgan fingerprint density at radius 2 is 2.06 bits per heavy atom. The fourth-order valence-electron chi connectivity index (χ4n) is 1.79. The molecule has 1 rings (SSSR count). The maximum atomic E-state index is 11.3. The van der Waals surface area contributed by atoms with E-state index in [1.165, 1.54) is 7.05 Å². The lowest BCUT2D eigenvalue weighted by Crippen LogP contribution is -2.35. The summed E-state index contributed by atoms with van der Waals surface area (Å²) >= 11 is 0. The van der Waals surface area contributed by atoms with Gasteiger partial charge in [0.15, 0.2) is 0 Å². The highest BCUT2D eigenvalue weighted by Crippen LogP contribution is 2.25. The minimum atomic E-state index is -0.265. The second kappa shape index (κ2) is 6.37. The minimum Gasteiger partial charge on any atom is -0.496 e. The minimum absolute atomic E-state index is 0.0385. The normalized spacial score (nSPS) is 10.3. The van der Waals surface area contributed by atoms with Gasteiger partial charge in [-0.3, -0.25) is 9.80 Å². The summed E-state index contributed by atoms with van der Waals surface area (Å²) in [5, 5.41) is 1.01. The van der Waals surface area contributed by atoms with E-state index in [0.717, 1.165) is 27.4 Å². The number of nitrogens with zero attached hydrogens (tertiary/aromatic N) is 1. The van der Waals surface area contributed by atoms with Crippen molar-refractivity contribution in [3.05, 3.63) is 28.8 Å². The van der Waals surface area contributed by atoms with Gasteiger partial charge in [-0.05, 0) is 19.4 Å². The average Bonchev–Trinajstić information content (AvgIpc) is 2.28. The molecule has 0 spiro atoms. The van der Waals surface area contributed by atoms with Crippen molar-refractivity contribution < 1.29 is 14.3 Å². The van der Waals surface area contributed by atoms with Crippen LogP contribution in [0.4, 0.5) is 0 Å². The Labute approximate surface area is 107 Å². The molecule has 0 radical (unpaired) electrons. The maximum absolute atomic E-state index is 11.3. The second-order valence-electron chi connectivity index (χ2n) is 4.27. The van der Waals surface area contributed by atoms with Crippen molar-refractivity contribution in [2.45, 2.75) is 20.5 Å². The molecule has 0 unspecified atom stereocenters. The molecule has 5 heteroatoms. The molecular weight excluding hydrogens is 232 g/mol. The fourth-order valence-corrected chi connectivity index (χ4v) is 1.79. The molecule has 100 valence electrons. The third kappa shape index (κ3) is 3.72. The molecule has 1 aromatic carbocycles. The van der Waals surface area contributed by atoms with Gasteiger partial charge in [0.2, 0.25) is 0 Å². The third-order valence-electron chi connectivity index (χ3n) is 2.58. The van der Waals surface area contributed by atoms with Gasteiger partial charge in [0.1, 0.15) is 12.4 Å². The average molecular weight is 252 g/mol. The molecule has 18 heavy (non-hydrogen) atoms. The largest absolute Gasteiger partial charge is 0.496 e. The van der Waals surface area contributed by atoms with E-state index in [4.69, 9.17) is 15.3 Å². The van der Waals surface area contributed by atoms with E-state index in [9.17, 15) is 4.79 Å². The van der Waals surface area contributed by atoms with Crippen LogP contribution in [0.5, 0.6) is 5.75 Å². The van der Waals surface area contributed by atoms with Gasteiger partial charge in [-0.2, -0.15) is 0 Å². The van der Waals surface area contributed by atoms with E-state index in [1.54, 1.807) is 7.11 Å². The van der Waals surface area contributed by atoms with Gasteiger partial charge in [-0.1, -0.05) is 17.7 Å². The summed E-state index contributed by atoms with van der Waals surface area (Å²) in [6, 6.07) is 4.03. The van der Waals surface area contributed by atoms with Crippen molar-refractivity contribution in [2.24, 2.45) is 5.84 Å². The molecular formula is C13H20N2O3. The Morgan fingerprint density at radius 1 is 1.39 bits per heavy atom. The number of ether oxygens (including phenoxy) is 2. The molecule has 1 amide bonds. The Kier molecular flexibility index (Phi) is 5.12. The summed E-state index contributed by atoms with van der Waals surface area (Å²) in [6.07, 6.45) is 0. The zero-order chi connectivity index (χ0) is 13.7. The fraction of sp³-hybridized carbons (Fsp3) is 0.462. The number of methoxy groups -OCH3 is 1. The van der Waals surface area contributed by atoms with Gasteiger partial charge in [0.25, 0.3) is 5.91 Å². The molecule has 0 saturated carbocycles. The monoisotopic (exact) mass is 252 g/mol. The third-order valence-corrected chi connectivity index (χ3v) is 2.58. The summed E-state index contributed by atoms with van der Waals surface area (Å²) in [5.74, 6) is 5.83. The predicted molar refractivity (Wildman–Crippen MR) is 69.1 cm³/mol. The first kappa shape index (κ1) is 14.5. The van der Waals surface area contributed by atoms with Crippen LogP contribution in [0.1, 0.15) is 16.7 Å². The summed E-state index contributed by atoms with van der Waals surface area (Å²) in [6.45, 7) is 4.28. The van der Waals surface area contributed by atoms with Gasteiger partial charge in [-0.15, -0.1) is 0 Å². The molecule has 0 atom stereocenters. The van der Waals surface area contributed by atoms with Crippen LogP contribution in [0.25, 0.3) is 0 Å². The van der Waals surface area contributed by atoms with E-state index < -0.39 is 0 Å². The first-order valence-corrected chi connectivity index (χ1v) is 5.68. The maximum Gasteiger partial charge on any atom is 0.262 e. The SMILES string of the molecule is COc1c(C)cc(C)cc1COCC(=O)N(C)N. The highest BCUT2D eigenvalue weighted by molar-refractivity contribution is 5.76. The molecule has 0 aliphatic rings. The Hall–Kier alpha value is -1.59. The van der Waals surface area contributed by atoms with Gasteiger partial charge < -0.3 is 9.47 Å². The van der Waals surface area contributed by atoms with Gasteiger partial charge >= 0.3 is 0 Å². The zero-order valence-electron chi connectivity index (χ0n) is 11.3. The summed E-state index contributed by atoms with van der Waals surface area (Å²) in [5.41, 5.74) is 3.12. The van der Waals surface area contributed by atoms with Crippen molar-refractivity contribution in [3.8, 4) is 5.75 Å². The van der Waals surface area contributed by atoms with E-state index >= 15 is 0 Å². The highest BCUT2D eigenvalue weighted by atomic mass is 16.5. The number of amides is 1. The number of carbonyl (C=O) groups excluding carboxylic acids is 1. The second-order valence-corrected chi connectivity index (χ2v) is 4.27. The van der Waals surface area contributed by atoms with Crippen LogP contribution in [-0.2, 0) is 16.1 Å². The Bertz CT molecular complexity index is 430. The standard InChI is InChI=1S/C13H20N2O3/c1-9-5-10(2)13(17-4)11(6-9)7-18-8-12(16)15(3)14/h5-6H,7-8,14H2,1-4H3. The van der Waals surface area contributed by atoms with Gasteiger partial charge in [-0.25, -0.2) is 5.84 Å². The van der Waals surface area contributed by atoms with Crippen LogP contribution in [-0.4, -0.2) is 31.7 Å². The van der Waals surface area contributed by atoms with Gasteiger partial charge in [0, 0.05) is 12.6 Å². The molecule has 0 saturated heterocycles. The van der Waals surface area contributed by atoms with Crippen LogP contribution in [0, 0.1) is 13.8 Å². The molecule has 5 nitrogen and oxygen atoms in total. The van der Waals surface area contributed by atoms with E-state index in [0.29, 0.717) is 6.61 Å². The van der Waals surface area contributed by atoms with E-state index in [2.05, 4.69) is 0 Å². The number of hydrogen-bond acceptors (Lipinski definition) is 4. The summed E-state index contributed by atoms with van der Waals surface area (Å²) < 4.78 is 10.7. The Balaban J connectivity index is 2.70. The molecule has 0 aliphatic heterocycles. The quantitative estimate of drug-likeness (QED) is 0.485. The number of rotatable bonds is 5. The summed E-state index contributed by atoms with van der Waals surface area (Å²) in [4.78, 5) is 11.3. The number of aryl methyl sites for hydroxylation is 2. The number of hydrazine groups is 1. The highest BCUT2D eigenvalue weighted by Gasteiger charge is 2.09. The lowest BCUT2D eigenvalue weighted by Gasteiger charge is -2.14. The van der Waals surface area contributed by atoms with Crippen molar-refractivity contribution in [1.82, 2.24) is 5.01 Å². The van der Waals surface area contributed by atoms with Crippen molar-refractivity contribution >= 4 is 5.91 Å². The van der Waals surface area contributed by atoms with Crippen LogP contribution in [0.2, 0.25) is 0 Å². The number of hydrogen-bond donors (Lipinski definition) is 1. The number of carbonyl (C=O) groups is 1. The van der Waals surface area contributed by atoms with Crippen LogP contribution < -0.4 is 10.6 Å². The molecule has 0 heterocycles. The topological polar surface area (TPSA) is 64.8 Å². The molecule has 0 aromatic heterocycles. The molecule has 0 fully saturated rings. The summed E-state index contributed by atoms with van der Waals surface area (Å²) in [7, 11) is 3.11. The first-order chi connectivity index (χ1) is 8.45. The first-order valence-electron chi connectivity index (χ1n) is 5.68. The molecule has 1 aromatic rings. The zero-order valence-corrected chi connectivity index (χ0v) is 11.3. The smallest absolute Gasteiger partial charge is 0.262 e. The molecule has 0 aliphatic carbocycles. The van der Waals surface area contributed by atoms with Gasteiger partial charge in [0.05, 0.1) is 13.7 Å². The van der Waals surface area contributed by atoms with E-state index in [-0.39, 0.29) is 12.5 Å². The van der Waals surface area contributed by atoms with Crippen molar-refractivity contribution in [2.75, 3.05) is 20.8 Å². The number of likely N-dealkylation sites (N-methyl/N-ethyl adjacent to an activating group) is 1. The van der Waals surface area contributed by atoms with Crippen molar-refractivity contribution in [1.29, 1.82) is 0 Å².